The number of hydrogen-bond donors (Lipinski definition) is 0. The minimum Gasteiger partial charge on any atom is -0.469 e. The van der Waals surface area contributed by atoms with Gasteiger partial charge in [0.1, 0.15) is 24.4 Å². The summed E-state index contributed by atoms with van der Waals surface area (Å²) < 4.78 is 15.0. The number of rotatable bonds is 10. The van der Waals surface area contributed by atoms with Gasteiger partial charge in [-0.05, 0) is 32.8 Å². The normalized spacial score (nSPS) is 12.0. The second-order valence-corrected chi connectivity index (χ2v) is 7.41. The fourth-order valence-corrected chi connectivity index (χ4v) is 2.41. The Morgan fingerprint density at radius 2 is 1.64 bits per heavy atom. The van der Waals surface area contributed by atoms with Crippen molar-refractivity contribution >= 4 is 23.7 Å². The van der Waals surface area contributed by atoms with Crippen molar-refractivity contribution in [2.45, 2.75) is 58.7 Å². The third-order valence-corrected chi connectivity index (χ3v) is 3.72. The molecular formula is C21H28O7. The predicted octanol–water partition coefficient (Wildman–Crippen LogP) is 2.99. The van der Waals surface area contributed by atoms with E-state index in [0.717, 1.165) is 5.56 Å². The van der Waals surface area contributed by atoms with Crippen LogP contribution in [0.15, 0.2) is 30.3 Å². The number of methoxy groups -OCH3 is 1. The summed E-state index contributed by atoms with van der Waals surface area (Å²) in [6.07, 6.45) is -0.569. The number of carbonyl (C=O) groups excluding carboxylic acids is 4. The largest absolute Gasteiger partial charge is 0.469 e. The molecule has 7 nitrogen and oxygen atoms in total. The summed E-state index contributed by atoms with van der Waals surface area (Å²) in [7, 11) is 1.18. The Balaban J connectivity index is 2.69. The van der Waals surface area contributed by atoms with E-state index < -0.39 is 41.6 Å². The fraction of sp³-hybridized carbons (Fsp3) is 0.524. The molecular weight excluding hydrogens is 364 g/mol. The highest BCUT2D eigenvalue weighted by atomic mass is 16.6. The molecule has 154 valence electrons. The van der Waals surface area contributed by atoms with Gasteiger partial charge in [0.2, 0.25) is 0 Å². The first-order valence-corrected chi connectivity index (χ1v) is 9.11. The van der Waals surface area contributed by atoms with E-state index in [1.807, 2.05) is 30.3 Å². The molecule has 0 saturated carbocycles. The van der Waals surface area contributed by atoms with Gasteiger partial charge in [-0.25, -0.2) is 0 Å². The molecule has 0 amide bonds. The molecule has 0 radical (unpaired) electrons. The Labute approximate surface area is 165 Å². The van der Waals surface area contributed by atoms with Gasteiger partial charge in [0.25, 0.3) is 0 Å². The first-order valence-electron chi connectivity index (χ1n) is 9.11. The molecule has 0 aliphatic rings. The lowest BCUT2D eigenvalue weighted by Crippen LogP contribution is -2.26. The molecule has 1 rings (SSSR count). The maximum absolute atomic E-state index is 12.5. The first-order chi connectivity index (χ1) is 13.1. The van der Waals surface area contributed by atoms with Gasteiger partial charge in [-0.3, -0.25) is 19.2 Å². The standard InChI is InChI=1S/C21H28O7/c1-21(2,3)28-18(23)11-10-16(12-17(22)13-19(24)26-4)20(25)27-14-15-8-6-5-7-9-15/h5-9,16H,10-14H2,1-4H3/t16-/m0/s1. The molecule has 28 heavy (non-hydrogen) atoms. The van der Waals surface area contributed by atoms with Crippen LogP contribution < -0.4 is 0 Å². The number of hydrogen-bond acceptors (Lipinski definition) is 7. The third kappa shape index (κ3) is 9.85. The molecule has 0 bridgehead atoms. The summed E-state index contributed by atoms with van der Waals surface area (Å²) in [6.45, 7) is 5.30. The SMILES string of the molecule is COC(=O)CC(=O)C[C@H](CCC(=O)OC(C)(C)C)C(=O)OCc1ccccc1. The van der Waals surface area contributed by atoms with Gasteiger partial charge in [0, 0.05) is 12.8 Å². The van der Waals surface area contributed by atoms with E-state index in [1.165, 1.54) is 7.11 Å². The smallest absolute Gasteiger partial charge is 0.313 e. The molecule has 0 fully saturated rings. The Hall–Kier alpha value is -2.70. The maximum Gasteiger partial charge on any atom is 0.313 e. The maximum atomic E-state index is 12.5. The van der Waals surface area contributed by atoms with Crippen LogP contribution in [0.2, 0.25) is 0 Å². The van der Waals surface area contributed by atoms with Crippen molar-refractivity contribution < 1.29 is 33.4 Å². The zero-order chi connectivity index (χ0) is 21.2. The number of Topliss-reactive ketones (excluding diaryl/α,β-unsaturated/α-hetero) is 1. The quantitative estimate of drug-likeness (QED) is 0.343. The molecule has 0 saturated heterocycles. The van der Waals surface area contributed by atoms with E-state index in [0.29, 0.717) is 0 Å². The molecule has 1 aromatic rings. The van der Waals surface area contributed by atoms with Crippen LogP contribution >= 0.6 is 0 Å². The van der Waals surface area contributed by atoms with Crippen molar-refractivity contribution in [3.63, 3.8) is 0 Å². The van der Waals surface area contributed by atoms with Gasteiger partial charge in [0.05, 0.1) is 13.0 Å². The van der Waals surface area contributed by atoms with Gasteiger partial charge in [-0.1, -0.05) is 30.3 Å². The lowest BCUT2D eigenvalue weighted by atomic mass is 9.95. The van der Waals surface area contributed by atoms with E-state index in [2.05, 4.69) is 4.74 Å². The van der Waals surface area contributed by atoms with Gasteiger partial charge in [-0.2, -0.15) is 0 Å². The molecule has 0 N–H and O–H groups in total. The highest BCUT2D eigenvalue weighted by Crippen LogP contribution is 2.18. The Morgan fingerprint density at radius 3 is 2.21 bits per heavy atom. The second kappa shape index (κ2) is 11.2. The number of ketones is 1. The molecule has 0 aliphatic heterocycles. The van der Waals surface area contributed by atoms with Gasteiger partial charge < -0.3 is 14.2 Å². The van der Waals surface area contributed by atoms with E-state index in [9.17, 15) is 19.2 Å². The summed E-state index contributed by atoms with van der Waals surface area (Å²) in [5.41, 5.74) is 0.170. The monoisotopic (exact) mass is 392 g/mol. The van der Waals surface area contributed by atoms with Crippen LogP contribution in [-0.2, 0) is 40.0 Å². The molecule has 0 heterocycles. The summed E-state index contributed by atoms with van der Waals surface area (Å²) in [6, 6.07) is 9.11. The number of ether oxygens (including phenoxy) is 3. The van der Waals surface area contributed by atoms with Crippen LogP contribution in [0.3, 0.4) is 0 Å². The second-order valence-electron chi connectivity index (χ2n) is 7.41. The van der Waals surface area contributed by atoms with Crippen molar-refractivity contribution in [3.05, 3.63) is 35.9 Å². The van der Waals surface area contributed by atoms with E-state index in [4.69, 9.17) is 9.47 Å². The average molecular weight is 392 g/mol. The molecule has 0 aliphatic carbocycles. The minimum atomic E-state index is -0.839. The molecule has 0 spiro atoms. The molecule has 1 atom stereocenters. The van der Waals surface area contributed by atoms with Crippen LogP contribution in [0.25, 0.3) is 0 Å². The fourth-order valence-electron chi connectivity index (χ4n) is 2.41. The van der Waals surface area contributed by atoms with Crippen molar-refractivity contribution in [1.29, 1.82) is 0 Å². The predicted molar refractivity (Wildman–Crippen MR) is 101 cm³/mol. The van der Waals surface area contributed by atoms with Gasteiger partial charge in [0.15, 0.2) is 0 Å². The van der Waals surface area contributed by atoms with E-state index >= 15 is 0 Å². The van der Waals surface area contributed by atoms with Crippen LogP contribution in [0.1, 0.15) is 52.0 Å². The van der Waals surface area contributed by atoms with Crippen LogP contribution in [-0.4, -0.2) is 36.4 Å². The van der Waals surface area contributed by atoms with E-state index in [1.54, 1.807) is 20.8 Å². The zero-order valence-electron chi connectivity index (χ0n) is 16.9. The summed E-state index contributed by atoms with van der Waals surface area (Å²) in [5.74, 6) is -3.01. The highest BCUT2D eigenvalue weighted by Gasteiger charge is 2.26. The number of esters is 3. The Bertz CT molecular complexity index is 674. The summed E-state index contributed by atoms with van der Waals surface area (Å²) >= 11 is 0. The topological polar surface area (TPSA) is 96.0 Å². The lowest BCUT2D eigenvalue weighted by molar-refractivity contribution is -0.157. The summed E-state index contributed by atoms with van der Waals surface area (Å²) in [5, 5.41) is 0. The summed E-state index contributed by atoms with van der Waals surface area (Å²) in [4.78, 5) is 47.7. The molecule has 7 heteroatoms. The Morgan fingerprint density at radius 1 is 1.00 bits per heavy atom. The van der Waals surface area contributed by atoms with Crippen molar-refractivity contribution in [2.24, 2.45) is 5.92 Å². The minimum absolute atomic E-state index is 0.0339. The van der Waals surface area contributed by atoms with Crippen molar-refractivity contribution in [1.82, 2.24) is 0 Å². The number of carbonyl (C=O) groups is 4. The average Bonchev–Trinajstić information content (AvgIpc) is 2.62. The van der Waals surface area contributed by atoms with Crippen LogP contribution in [0, 0.1) is 5.92 Å². The highest BCUT2D eigenvalue weighted by molar-refractivity contribution is 5.97. The molecule has 0 aromatic heterocycles. The first kappa shape index (κ1) is 23.3. The molecule has 1 aromatic carbocycles. The van der Waals surface area contributed by atoms with Gasteiger partial charge in [-0.15, -0.1) is 0 Å². The zero-order valence-corrected chi connectivity index (χ0v) is 16.9. The van der Waals surface area contributed by atoms with Crippen molar-refractivity contribution in [2.75, 3.05) is 7.11 Å². The van der Waals surface area contributed by atoms with Crippen molar-refractivity contribution in [3.8, 4) is 0 Å². The van der Waals surface area contributed by atoms with Gasteiger partial charge >= 0.3 is 17.9 Å². The van der Waals surface area contributed by atoms with Crippen LogP contribution in [0.5, 0.6) is 0 Å². The number of benzene rings is 1. The Kier molecular flexibility index (Phi) is 9.35. The van der Waals surface area contributed by atoms with Crippen LogP contribution in [0.4, 0.5) is 0 Å². The molecule has 0 unspecified atom stereocenters. The van der Waals surface area contributed by atoms with E-state index in [-0.39, 0.29) is 25.9 Å². The lowest BCUT2D eigenvalue weighted by Gasteiger charge is -2.20. The third-order valence-electron chi connectivity index (χ3n) is 3.72.